The average Bonchev–Trinajstić information content (AvgIpc) is 2.60. The lowest BCUT2D eigenvalue weighted by Crippen LogP contribution is -2.51. The summed E-state index contributed by atoms with van der Waals surface area (Å²) in [4.78, 5) is 12.5. The molecule has 1 aliphatic carbocycles. The van der Waals surface area contributed by atoms with Crippen LogP contribution in [0.4, 0.5) is 0 Å². The van der Waals surface area contributed by atoms with Crippen LogP contribution in [-0.2, 0) is 4.79 Å². The molecule has 19 heavy (non-hydrogen) atoms. The van der Waals surface area contributed by atoms with Crippen molar-refractivity contribution in [2.75, 3.05) is 6.54 Å². The van der Waals surface area contributed by atoms with Crippen LogP contribution < -0.4 is 11.1 Å². The van der Waals surface area contributed by atoms with Crippen LogP contribution in [0.3, 0.4) is 0 Å². The van der Waals surface area contributed by atoms with Crippen molar-refractivity contribution in [3.63, 3.8) is 0 Å². The van der Waals surface area contributed by atoms with E-state index < -0.39 is 5.41 Å². The molecule has 5 nitrogen and oxygen atoms in total. The molecule has 1 rings (SSSR count). The Morgan fingerprint density at radius 1 is 1.26 bits per heavy atom. The molecule has 0 aromatic carbocycles. The second-order valence-corrected chi connectivity index (χ2v) is 6.72. The first-order valence-corrected chi connectivity index (χ1v) is 7.08. The Labute approximate surface area is 115 Å². The van der Waals surface area contributed by atoms with Gasteiger partial charge in [-0.3, -0.25) is 4.79 Å². The van der Waals surface area contributed by atoms with E-state index in [1.807, 2.05) is 0 Å². The zero-order valence-electron chi connectivity index (χ0n) is 12.3. The first-order valence-electron chi connectivity index (χ1n) is 7.08. The van der Waals surface area contributed by atoms with Gasteiger partial charge in [-0.05, 0) is 18.3 Å². The SMILES string of the molecule is CC(C)(C)CNC(=O)C1(C(N)=NO)CCCCCC1. The van der Waals surface area contributed by atoms with E-state index in [0.717, 1.165) is 25.7 Å². The molecule has 1 saturated carbocycles. The second-order valence-electron chi connectivity index (χ2n) is 6.72. The summed E-state index contributed by atoms with van der Waals surface area (Å²) in [6, 6.07) is 0. The fourth-order valence-corrected chi connectivity index (χ4v) is 2.54. The van der Waals surface area contributed by atoms with Crippen molar-refractivity contribution >= 4 is 11.7 Å². The molecule has 1 aliphatic rings. The molecule has 0 saturated heterocycles. The van der Waals surface area contributed by atoms with E-state index in [0.29, 0.717) is 19.4 Å². The fourth-order valence-electron chi connectivity index (χ4n) is 2.54. The molecule has 0 atom stereocenters. The van der Waals surface area contributed by atoms with Gasteiger partial charge in [0.25, 0.3) is 0 Å². The summed E-state index contributed by atoms with van der Waals surface area (Å²) in [6.07, 6.45) is 5.43. The quantitative estimate of drug-likeness (QED) is 0.241. The van der Waals surface area contributed by atoms with Gasteiger partial charge in [0.15, 0.2) is 5.84 Å². The molecule has 4 N–H and O–H groups in total. The van der Waals surface area contributed by atoms with E-state index in [1.54, 1.807) is 0 Å². The Hall–Kier alpha value is -1.26. The van der Waals surface area contributed by atoms with Crippen molar-refractivity contribution in [3.8, 4) is 0 Å². The van der Waals surface area contributed by atoms with Crippen LogP contribution in [0, 0.1) is 10.8 Å². The van der Waals surface area contributed by atoms with Crippen LogP contribution in [0.1, 0.15) is 59.3 Å². The predicted octanol–water partition coefficient (Wildman–Crippen LogP) is 2.24. The number of nitrogens with one attached hydrogen (secondary N) is 1. The number of hydrogen-bond acceptors (Lipinski definition) is 3. The second kappa shape index (κ2) is 6.26. The topological polar surface area (TPSA) is 87.7 Å². The zero-order chi connectivity index (χ0) is 14.5. The Morgan fingerprint density at radius 3 is 2.21 bits per heavy atom. The molecule has 110 valence electrons. The third-order valence-electron chi connectivity index (χ3n) is 3.77. The number of nitrogens with two attached hydrogens (primary N) is 1. The average molecular weight is 269 g/mol. The molecule has 5 heteroatoms. The lowest BCUT2D eigenvalue weighted by molar-refractivity contribution is -0.128. The Bertz CT molecular complexity index is 337. The minimum absolute atomic E-state index is 0.0205. The van der Waals surface area contributed by atoms with Crippen molar-refractivity contribution in [2.24, 2.45) is 21.7 Å². The van der Waals surface area contributed by atoms with Crippen molar-refractivity contribution in [3.05, 3.63) is 0 Å². The summed E-state index contributed by atoms with van der Waals surface area (Å²) >= 11 is 0. The maximum atomic E-state index is 12.5. The van der Waals surface area contributed by atoms with Gasteiger partial charge < -0.3 is 16.3 Å². The number of amidine groups is 1. The molecule has 1 amide bonds. The maximum Gasteiger partial charge on any atom is 0.233 e. The highest BCUT2D eigenvalue weighted by molar-refractivity contribution is 6.06. The van der Waals surface area contributed by atoms with Crippen LogP contribution >= 0.6 is 0 Å². The van der Waals surface area contributed by atoms with Gasteiger partial charge in [-0.15, -0.1) is 0 Å². The summed E-state index contributed by atoms with van der Waals surface area (Å²) in [7, 11) is 0. The first-order chi connectivity index (χ1) is 8.82. The number of oxime groups is 1. The standard InChI is InChI=1S/C14H27N3O2/c1-13(2,3)10-16-12(18)14(11(15)17-19)8-6-4-5-7-9-14/h19H,4-10H2,1-3H3,(H2,15,17)(H,16,18). The molecule has 0 aliphatic heterocycles. The van der Waals surface area contributed by atoms with Crippen molar-refractivity contribution in [1.82, 2.24) is 5.32 Å². The summed E-state index contributed by atoms with van der Waals surface area (Å²) in [6.45, 7) is 6.79. The molecule has 1 fully saturated rings. The third-order valence-corrected chi connectivity index (χ3v) is 3.77. The first kappa shape index (κ1) is 15.8. The van der Waals surface area contributed by atoms with Crippen LogP contribution in [0.2, 0.25) is 0 Å². The smallest absolute Gasteiger partial charge is 0.233 e. The highest BCUT2D eigenvalue weighted by Crippen LogP contribution is 2.35. The van der Waals surface area contributed by atoms with Gasteiger partial charge in [0.1, 0.15) is 5.41 Å². The highest BCUT2D eigenvalue weighted by atomic mass is 16.4. The van der Waals surface area contributed by atoms with Gasteiger partial charge in [0.05, 0.1) is 0 Å². The van der Waals surface area contributed by atoms with E-state index in [2.05, 4.69) is 31.2 Å². The highest BCUT2D eigenvalue weighted by Gasteiger charge is 2.43. The lowest BCUT2D eigenvalue weighted by atomic mass is 9.78. The zero-order valence-corrected chi connectivity index (χ0v) is 12.3. The van der Waals surface area contributed by atoms with E-state index in [-0.39, 0.29) is 17.2 Å². The Kier molecular flexibility index (Phi) is 5.20. The molecule has 0 aromatic rings. The summed E-state index contributed by atoms with van der Waals surface area (Å²) in [5.74, 6) is -0.0413. The van der Waals surface area contributed by atoms with Gasteiger partial charge in [-0.1, -0.05) is 51.6 Å². The third kappa shape index (κ3) is 4.11. The van der Waals surface area contributed by atoms with Crippen LogP contribution in [0.15, 0.2) is 5.16 Å². The fraction of sp³-hybridized carbons (Fsp3) is 0.857. The molecular formula is C14H27N3O2. The molecule has 0 bridgehead atoms. The maximum absolute atomic E-state index is 12.5. The largest absolute Gasteiger partial charge is 0.409 e. The van der Waals surface area contributed by atoms with Crippen LogP contribution in [0.5, 0.6) is 0 Å². The van der Waals surface area contributed by atoms with E-state index >= 15 is 0 Å². The molecule has 0 unspecified atom stereocenters. The Morgan fingerprint density at radius 2 is 1.79 bits per heavy atom. The number of carbonyl (C=O) groups excluding carboxylic acids is 1. The number of hydrogen-bond donors (Lipinski definition) is 3. The summed E-state index contributed by atoms with van der Waals surface area (Å²) < 4.78 is 0. The van der Waals surface area contributed by atoms with Gasteiger partial charge in [0, 0.05) is 6.54 Å². The van der Waals surface area contributed by atoms with Gasteiger partial charge >= 0.3 is 0 Å². The van der Waals surface area contributed by atoms with Crippen LogP contribution in [-0.4, -0.2) is 23.5 Å². The van der Waals surface area contributed by atoms with Gasteiger partial charge in [-0.2, -0.15) is 0 Å². The minimum atomic E-state index is -0.823. The number of nitrogens with zero attached hydrogens (tertiary/aromatic N) is 1. The molecule has 0 aromatic heterocycles. The number of amides is 1. The molecule has 0 radical (unpaired) electrons. The minimum Gasteiger partial charge on any atom is -0.409 e. The van der Waals surface area contributed by atoms with Gasteiger partial charge in [-0.25, -0.2) is 0 Å². The lowest BCUT2D eigenvalue weighted by Gasteiger charge is -2.31. The van der Waals surface area contributed by atoms with Crippen LogP contribution in [0.25, 0.3) is 0 Å². The monoisotopic (exact) mass is 269 g/mol. The van der Waals surface area contributed by atoms with Crippen molar-refractivity contribution in [1.29, 1.82) is 0 Å². The van der Waals surface area contributed by atoms with Gasteiger partial charge in [0.2, 0.25) is 5.91 Å². The number of carbonyl (C=O) groups is 1. The number of rotatable bonds is 3. The van der Waals surface area contributed by atoms with Crippen molar-refractivity contribution in [2.45, 2.75) is 59.3 Å². The van der Waals surface area contributed by atoms with E-state index in [9.17, 15) is 4.79 Å². The normalized spacial score (nSPS) is 20.7. The predicted molar refractivity (Wildman–Crippen MR) is 76.0 cm³/mol. The molecular weight excluding hydrogens is 242 g/mol. The molecule has 0 spiro atoms. The summed E-state index contributed by atoms with van der Waals surface area (Å²) in [5, 5.41) is 15.1. The molecule has 0 heterocycles. The summed E-state index contributed by atoms with van der Waals surface area (Å²) in [5.41, 5.74) is 5.03. The van der Waals surface area contributed by atoms with E-state index in [4.69, 9.17) is 10.9 Å². The van der Waals surface area contributed by atoms with E-state index in [1.165, 1.54) is 0 Å². The Balaban J connectivity index is 2.87. The van der Waals surface area contributed by atoms with Crippen molar-refractivity contribution < 1.29 is 10.0 Å².